The van der Waals surface area contributed by atoms with Crippen molar-refractivity contribution in [1.82, 2.24) is 4.90 Å². The average Bonchev–Trinajstić information content (AvgIpc) is 2.60. The maximum absolute atomic E-state index is 12.4. The predicted molar refractivity (Wildman–Crippen MR) is 97.4 cm³/mol. The lowest BCUT2D eigenvalue weighted by Gasteiger charge is -2.29. The van der Waals surface area contributed by atoms with Crippen molar-refractivity contribution in [1.29, 1.82) is 0 Å². The summed E-state index contributed by atoms with van der Waals surface area (Å²) in [5.41, 5.74) is 0. The van der Waals surface area contributed by atoms with Gasteiger partial charge in [0.1, 0.15) is 12.7 Å². The first-order valence-corrected chi connectivity index (χ1v) is 10.0. The Morgan fingerprint density at radius 3 is 2.52 bits per heavy atom. The van der Waals surface area contributed by atoms with Crippen LogP contribution >= 0.6 is 11.6 Å². The number of hydrogen-bond acceptors (Lipinski definition) is 5. The Bertz CT molecular complexity index is 823. The minimum atomic E-state index is -3.33. The largest absolute Gasteiger partial charge is 0.486 e. The Balaban J connectivity index is 1.53. The van der Waals surface area contributed by atoms with Crippen LogP contribution < -0.4 is 9.47 Å². The molecule has 2 aromatic rings. The highest BCUT2D eigenvalue weighted by molar-refractivity contribution is 7.91. The molecule has 0 bridgehead atoms. The predicted octanol–water partition coefficient (Wildman–Crippen LogP) is 2.89. The van der Waals surface area contributed by atoms with E-state index >= 15 is 0 Å². The van der Waals surface area contributed by atoms with E-state index in [1.165, 1.54) is 12.1 Å². The molecule has 0 saturated heterocycles. The van der Waals surface area contributed by atoms with Gasteiger partial charge in [-0.1, -0.05) is 23.7 Å². The Labute approximate surface area is 153 Å². The molecule has 0 aromatic heterocycles. The molecule has 0 fully saturated rings. The van der Waals surface area contributed by atoms with E-state index in [0.717, 1.165) is 11.5 Å². The molecule has 1 unspecified atom stereocenters. The van der Waals surface area contributed by atoms with Gasteiger partial charge in [-0.25, -0.2) is 8.42 Å². The van der Waals surface area contributed by atoms with Crippen molar-refractivity contribution < 1.29 is 17.9 Å². The molecule has 0 amide bonds. The van der Waals surface area contributed by atoms with E-state index in [0.29, 0.717) is 24.7 Å². The second-order valence-corrected chi connectivity index (χ2v) is 8.58. The van der Waals surface area contributed by atoms with Gasteiger partial charge in [0.2, 0.25) is 0 Å². The maximum Gasteiger partial charge on any atom is 0.179 e. The van der Waals surface area contributed by atoms with E-state index in [1.807, 2.05) is 36.2 Å². The fourth-order valence-corrected chi connectivity index (χ4v) is 4.09. The number of benzene rings is 2. The summed E-state index contributed by atoms with van der Waals surface area (Å²) in [7, 11) is -1.46. The van der Waals surface area contributed by atoms with E-state index in [9.17, 15) is 8.42 Å². The topological polar surface area (TPSA) is 55.8 Å². The summed E-state index contributed by atoms with van der Waals surface area (Å²) in [5, 5.41) is 0.519. The molecule has 1 atom stereocenters. The first kappa shape index (κ1) is 18.0. The average molecular weight is 382 g/mol. The molecule has 134 valence electrons. The van der Waals surface area contributed by atoms with Crippen LogP contribution in [0.2, 0.25) is 5.02 Å². The first-order chi connectivity index (χ1) is 11.9. The van der Waals surface area contributed by atoms with Gasteiger partial charge in [-0.15, -0.1) is 0 Å². The molecule has 2 aromatic carbocycles. The third-order valence-corrected chi connectivity index (χ3v) is 5.96. The van der Waals surface area contributed by atoms with Crippen molar-refractivity contribution in [2.24, 2.45) is 0 Å². The Morgan fingerprint density at radius 1 is 1.12 bits per heavy atom. The van der Waals surface area contributed by atoms with Crippen molar-refractivity contribution >= 4 is 21.4 Å². The van der Waals surface area contributed by atoms with Crippen LogP contribution in [-0.4, -0.2) is 51.9 Å². The molecule has 1 heterocycles. The Kier molecular flexibility index (Phi) is 5.51. The van der Waals surface area contributed by atoms with Gasteiger partial charge in [-0.05, 0) is 43.4 Å². The van der Waals surface area contributed by atoms with Gasteiger partial charge in [0, 0.05) is 18.1 Å². The quantitative estimate of drug-likeness (QED) is 0.770. The number of sulfone groups is 1. The van der Waals surface area contributed by atoms with Gasteiger partial charge >= 0.3 is 0 Å². The summed E-state index contributed by atoms with van der Waals surface area (Å²) in [4.78, 5) is 2.23. The molecular weight excluding hydrogens is 362 g/mol. The molecule has 0 saturated carbocycles. The maximum atomic E-state index is 12.4. The molecule has 0 radical (unpaired) electrons. The summed E-state index contributed by atoms with van der Waals surface area (Å²) in [6, 6.07) is 13.8. The van der Waals surface area contributed by atoms with Gasteiger partial charge < -0.3 is 14.4 Å². The fourth-order valence-electron chi connectivity index (χ4n) is 2.63. The highest BCUT2D eigenvalue weighted by atomic mass is 35.5. The van der Waals surface area contributed by atoms with Crippen molar-refractivity contribution in [2.75, 3.05) is 32.5 Å². The third kappa shape index (κ3) is 4.66. The molecule has 5 nitrogen and oxygen atoms in total. The zero-order valence-electron chi connectivity index (χ0n) is 13.9. The van der Waals surface area contributed by atoms with Crippen LogP contribution in [0.4, 0.5) is 0 Å². The van der Waals surface area contributed by atoms with Crippen LogP contribution in [-0.2, 0) is 9.84 Å². The lowest BCUT2D eigenvalue weighted by molar-refractivity contribution is 0.0669. The molecular formula is C18H20ClNO4S. The molecule has 0 aliphatic carbocycles. The second-order valence-electron chi connectivity index (χ2n) is 6.03. The van der Waals surface area contributed by atoms with Crippen LogP contribution in [0, 0.1) is 0 Å². The van der Waals surface area contributed by atoms with Crippen molar-refractivity contribution in [3.05, 3.63) is 53.6 Å². The highest BCUT2D eigenvalue weighted by Crippen LogP contribution is 2.30. The van der Waals surface area contributed by atoms with Crippen LogP contribution in [0.1, 0.15) is 0 Å². The summed E-state index contributed by atoms with van der Waals surface area (Å²) in [6.07, 6.45) is -0.127. The molecule has 3 rings (SSSR count). The smallest absolute Gasteiger partial charge is 0.179 e. The summed E-state index contributed by atoms with van der Waals surface area (Å²) >= 11 is 5.80. The molecule has 0 N–H and O–H groups in total. The zero-order valence-corrected chi connectivity index (χ0v) is 15.5. The van der Waals surface area contributed by atoms with E-state index in [4.69, 9.17) is 21.1 Å². The number of nitrogens with zero attached hydrogens (tertiary/aromatic N) is 1. The Morgan fingerprint density at radius 2 is 1.80 bits per heavy atom. The zero-order chi connectivity index (χ0) is 17.9. The minimum absolute atomic E-state index is 0.0370. The third-order valence-electron chi connectivity index (χ3n) is 4.00. The SMILES string of the molecule is CN(CCS(=O)(=O)c1ccc(Cl)cc1)CC1COc2ccccc2O1. The van der Waals surface area contributed by atoms with Crippen molar-refractivity contribution in [2.45, 2.75) is 11.0 Å². The van der Waals surface area contributed by atoms with E-state index in [-0.39, 0.29) is 16.8 Å². The lowest BCUT2D eigenvalue weighted by Crippen LogP contribution is -2.40. The lowest BCUT2D eigenvalue weighted by atomic mass is 10.2. The van der Waals surface area contributed by atoms with E-state index in [2.05, 4.69) is 0 Å². The van der Waals surface area contributed by atoms with E-state index in [1.54, 1.807) is 12.1 Å². The minimum Gasteiger partial charge on any atom is -0.486 e. The monoisotopic (exact) mass is 381 g/mol. The molecule has 25 heavy (non-hydrogen) atoms. The van der Waals surface area contributed by atoms with Crippen LogP contribution in [0.3, 0.4) is 0 Å². The number of rotatable bonds is 6. The van der Waals surface area contributed by atoms with Gasteiger partial charge in [0.25, 0.3) is 0 Å². The van der Waals surface area contributed by atoms with Crippen molar-refractivity contribution in [3.63, 3.8) is 0 Å². The van der Waals surface area contributed by atoms with Crippen LogP contribution in [0.5, 0.6) is 11.5 Å². The summed E-state index contributed by atoms with van der Waals surface area (Å²) in [6.45, 7) is 1.45. The summed E-state index contributed by atoms with van der Waals surface area (Å²) in [5.74, 6) is 1.50. The van der Waals surface area contributed by atoms with Gasteiger partial charge in [0.15, 0.2) is 21.3 Å². The molecule has 1 aliphatic heterocycles. The number of halogens is 1. The number of ether oxygens (including phenoxy) is 2. The van der Waals surface area contributed by atoms with Crippen LogP contribution in [0.25, 0.3) is 0 Å². The van der Waals surface area contributed by atoms with Gasteiger partial charge in [-0.2, -0.15) is 0 Å². The number of para-hydroxylation sites is 2. The normalized spacial score (nSPS) is 16.8. The van der Waals surface area contributed by atoms with Crippen LogP contribution in [0.15, 0.2) is 53.4 Å². The first-order valence-electron chi connectivity index (χ1n) is 7.99. The van der Waals surface area contributed by atoms with Crippen molar-refractivity contribution in [3.8, 4) is 11.5 Å². The van der Waals surface area contributed by atoms with Gasteiger partial charge in [0.05, 0.1) is 10.6 Å². The Hall–Kier alpha value is -1.76. The molecule has 7 heteroatoms. The van der Waals surface area contributed by atoms with Gasteiger partial charge in [-0.3, -0.25) is 0 Å². The number of fused-ring (bicyclic) bond motifs is 1. The fraction of sp³-hybridized carbons (Fsp3) is 0.333. The number of hydrogen-bond donors (Lipinski definition) is 0. The highest BCUT2D eigenvalue weighted by Gasteiger charge is 2.23. The molecule has 1 aliphatic rings. The second kappa shape index (κ2) is 7.64. The van der Waals surface area contributed by atoms with E-state index < -0.39 is 9.84 Å². The molecule has 0 spiro atoms. The summed E-state index contributed by atoms with van der Waals surface area (Å²) < 4.78 is 36.3. The number of likely N-dealkylation sites (N-methyl/N-ethyl adjacent to an activating group) is 1. The standard InChI is InChI=1S/C18H20ClNO4S/c1-20(10-11-25(21,22)16-8-6-14(19)7-9-16)12-15-13-23-17-4-2-3-5-18(17)24-15/h2-9,15H,10-13H2,1H3.